The highest BCUT2D eigenvalue weighted by atomic mass is 19.1. The Labute approximate surface area is 146 Å². The standard InChI is InChI=1S/C20H20FN3O/c1-13-6-8-15-10-14(7-9-18(15)23-13)12-24(2)19(20(22)25)16-4-3-5-17(21)11-16/h3-11,19H,12H2,1-2H3,(H2,22,25)/t19-/m1/s1. The zero-order valence-electron chi connectivity index (χ0n) is 14.2. The summed E-state index contributed by atoms with van der Waals surface area (Å²) in [6.45, 7) is 2.46. The van der Waals surface area contributed by atoms with Crippen LogP contribution in [0.1, 0.15) is 22.9 Å². The van der Waals surface area contributed by atoms with E-state index in [0.29, 0.717) is 12.1 Å². The quantitative estimate of drug-likeness (QED) is 0.777. The molecular weight excluding hydrogens is 317 g/mol. The summed E-state index contributed by atoms with van der Waals surface area (Å²) in [5.41, 5.74) is 9.05. The Balaban J connectivity index is 1.87. The zero-order valence-corrected chi connectivity index (χ0v) is 14.2. The number of aryl methyl sites for hydroxylation is 1. The molecule has 0 aliphatic heterocycles. The lowest BCUT2D eigenvalue weighted by Crippen LogP contribution is -2.35. The van der Waals surface area contributed by atoms with E-state index < -0.39 is 11.9 Å². The Morgan fingerprint density at radius 2 is 2.00 bits per heavy atom. The van der Waals surface area contributed by atoms with Gasteiger partial charge >= 0.3 is 0 Å². The van der Waals surface area contributed by atoms with E-state index in [1.165, 1.54) is 12.1 Å². The van der Waals surface area contributed by atoms with Crippen LogP contribution in [0.2, 0.25) is 0 Å². The Morgan fingerprint density at radius 1 is 1.20 bits per heavy atom. The van der Waals surface area contributed by atoms with Crippen molar-refractivity contribution in [1.82, 2.24) is 9.88 Å². The minimum Gasteiger partial charge on any atom is -0.368 e. The minimum atomic E-state index is -0.692. The van der Waals surface area contributed by atoms with Crippen molar-refractivity contribution in [2.75, 3.05) is 7.05 Å². The first kappa shape index (κ1) is 17.0. The average molecular weight is 337 g/mol. The Bertz CT molecular complexity index is 926. The molecule has 1 aromatic heterocycles. The summed E-state index contributed by atoms with van der Waals surface area (Å²) in [4.78, 5) is 18.2. The monoisotopic (exact) mass is 337 g/mol. The highest BCUT2D eigenvalue weighted by Crippen LogP contribution is 2.23. The normalized spacial score (nSPS) is 12.5. The molecule has 128 valence electrons. The molecule has 2 aromatic carbocycles. The molecule has 0 bridgehead atoms. The summed E-state index contributed by atoms with van der Waals surface area (Å²) in [5.74, 6) is -0.893. The number of carbonyl (C=O) groups is 1. The van der Waals surface area contributed by atoms with Crippen LogP contribution in [0.3, 0.4) is 0 Å². The fraction of sp³-hybridized carbons (Fsp3) is 0.200. The third kappa shape index (κ3) is 3.83. The number of fused-ring (bicyclic) bond motifs is 1. The maximum atomic E-state index is 13.5. The molecule has 0 unspecified atom stereocenters. The van der Waals surface area contributed by atoms with E-state index in [-0.39, 0.29) is 5.82 Å². The van der Waals surface area contributed by atoms with E-state index >= 15 is 0 Å². The van der Waals surface area contributed by atoms with Crippen molar-refractivity contribution in [3.63, 3.8) is 0 Å². The smallest absolute Gasteiger partial charge is 0.239 e. The van der Waals surface area contributed by atoms with Crippen molar-refractivity contribution in [1.29, 1.82) is 0 Å². The maximum Gasteiger partial charge on any atom is 0.239 e. The summed E-state index contributed by atoms with van der Waals surface area (Å²) in [6.07, 6.45) is 0. The Kier molecular flexibility index (Phi) is 4.76. The second-order valence-corrected chi connectivity index (χ2v) is 6.25. The van der Waals surface area contributed by atoms with Crippen molar-refractivity contribution in [3.8, 4) is 0 Å². The topological polar surface area (TPSA) is 59.2 Å². The first-order valence-electron chi connectivity index (χ1n) is 8.05. The summed E-state index contributed by atoms with van der Waals surface area (Å²) in [5, 5.41) is 1.04. The molecule has 2 N–H and O–H groups in total. The SMILES string of the molecule is Cc1ccc2cc(CN(C)[C@@H](C(N)=O)c3cccc(F)c3)ccc2n1. The van der Waals surface area contributed by atoms with Gasteiger partial charge in [-0.2, -0.15) is 0 Å². The molecule has 0 aliphatic carbocycles. The fourth-order valence-electron chi connectivity index (χ4n) is 3.07. The van der Waals surface area contributed by atoms with E-state index in [0.717, 1.165) is 22.2 Å². The van der Waals surface area contributed by atoms with Crippen LogP contribution in [0, 0.1) is 12.7 Å². The van der Waals surface area contributed by atoms with Gasteiger partial charge in [0.2, 0.25) is 5.91 Å². The average Bonchev–Trinajstić information content (AvgIpc) is 2.55. The predicted octanol–water partition coefficient (Wildman–Crippen LogP) is 3.34. The molecule has 0 aliphatic rings. The van der Waals surface area contributed by atoms with Crippen LogP contribution < -0.4 is 5.73 Å². The molecule has 1 amide bonds. The van der Waals surface area contributed by atoms with Crippen LogP contribution in [0.5, 0.6) is 0 Å². The number of aromatic nitrogens is 1. The molecule has 25 heavy (non-hydrogen) atoms. The lowest BCUT2D eigenvalue weighted by atomic mass is 10.0. The Hall–Kier alpha value is -2.79. The number of benzene rings is 2. The summed E-state index contributed by atoms with van der Waals surface area (Å²) in [7, 11) is 1.80. The van der Waals surface area contributed by atoms with Crippen molar-refractivity contribution in [2.45, 2.75) is 19.5 Å². The third-order valence-electron chi connectivity index (χ3n) is 4.20. The number of hydrogen-bond acceptors (Lipinski definition) is 3. The van der Waals surface area contributed by atoms with Gasteiger partial charge in [-0.15, -0.1) is 0 Å². The number of carbonyl (C=O) groups excluding carboxylic acids is 1. The second kappa shape index (κ2) is 6.99. The van der Waals surface area contributed by atoms with Gasteiger partial charge in [0.1, 0.15) is 11.9 Å². The number of amides is 1. The van der Waals surface area contributed by atoms with Crippen LogP contribution in [-0.2, 0) is 11.3 Å². The van der Waals surface area contributed by atoms with E-state index in [1.807, 2.05) is 42.2 Å². The highest BCUT2D eigenvalue weighted by molar-refractivity contribution is 5.81. The molecule has 1 heterocycles. The van der Waals surface area contributed by atoms with Crippen LogP contribution in [0.15, 0.2) is 54.6 Å². The zero-order chi connectivity index (χ0) is 18.0. The third-order valence-corrected chi connectivity index (χ3v) is 4.20. The highest BCUT2D eigenvalue weighted by Gasteiger charge is 2.23. The largest absolute Gasteiger partial charge is 0.368 e. The predicted molar refractivity (Wildman–Crippen MR) is 96.3 cm³/mol. The van der Waals surface area contributed by atoms with E-state index in [2.05, 4.69) is 4.98 Å². The first-order valence-corrected chi connectivity index (χ1v) is 8.05. The second-order valence-electron chi connectivity index (χ2n) is 6.25. The van der Waals surface area contributed by atoms with Crippen molar-refractivity contribution in [2.24, 2.45) is 5.73 Å². The number of pyridine rings is 1. The van der Waals surface area contributed by atoms with Gasteiger partial charge in [-0.1, -0.05) is 24.3 Å². The van der Waals surface area contributed by atoms with Crippen LogP contribution >= 0.6 is 0 Å². The van der Waals surface area contributed by atoms with Gasteiger partial charge in [0.05, 0.1) is 5.52 Å². The molecule has 3 rings (SSSR count). The van der Waals surface area contributed by atoms with Gasteiger partial charge in [-0.05, 0) is 55.4 Å². The number of likely N-dealkylation sites (N-methyl/N-ethyl adjacent to an activating group) is 1. The van der Waals surface area contributed by atoms with Crippen molar-refractivity contribution in [3.05, 3.63) is 77.2 Å². The molecule has 3 aromatic rings. The van der Waals surface area contributed by atoms with Gasteiger partial charge < -0.3 is 5.73 Å². The molecule has 0 radical (unpaired) electrons. The van der Waals surface area contributed by atoms with Gasteiger partial charge in [0.15, 0.2) is 0 Å². The molecule has 4 nitrogen and oxygen atoms in total. The number of hydrogen-bond donors (Lipinski definition) is 1. The van der Waals surface area contributed by atoms with E-state index in [4.69, 9.17) is 5.73 Å². The van der Waals surface area contributed by atoms with E-state index in [1.54, 1.807) is 19.2 Å². The molecular formula is C20H20FN3O. The van der Waals surface area contributed by atoms with Crippen LogP contribution in [0.4, 0.5) is 4.39 Å². The van der Waals surface area contributed by atoms with Crippen LogP contribution in [0.25, 0.3) is 10.9 Å². The number of halogens is 1. The molecule has 0 saturated carbocycles. The Morgan fingerprint density at radius 3 is 2.72 bits per heavy atom. The maximum absolute atomic E-state index is 13.5. The number of primary amides is 1. The van der Waals surface area contributed by atoms with Gasteiger partial charge in [-0.25, -0.2) is 4.39 Å². The van der Waals surface area contributed by atoms with Gasteiger partial charge in [0.25, 0.3) is 0 Å². The molecule has 0 fully saturated rings. The fourth-order valence-corrected chi connectivity index (χ4v) is 3.07. The summed E-state index contributed by atoms with van der Waals surface area (Å²) >= 11 is 0. The van der Waals surface area contributed by atoms with Gasteiger partial charge in [0, 0.05) is 17.6 Å². The first-order chi connectivity index (χ1) is 11.9. The van der Waals surface area contributed by atoms with E-state index in [9.17, 15) is 9.18 Å². The minimum absolute atomic E-state index is 0.385. The lowest BCUT2D eigenvalue weighted by Gasteiger charge is -2.26. The van der Waals surface area contributed by atoms with Crippen molar-refractivity contribution < 1.29 is 9.18 Å². The van der Waals surface area contributed by atoms with Gasteiger partial charge in [-0.3, -0.25) is 14.7 Å². The number of nitrogens with zero attached hydrogens (tertiary/aromatic N) is 2. The summed E-state index contributed by atoms with van der Waals surface area (Å²) in [6, 6.07) is 15.3. The number of rotatable bonds is 5. The molecule has 0 saturated heterocycles. The van der Waals surface area contributed by atoms with Crippen LogP contribution in [-0.4, -0.2) is 22.8 Å². The lowest BCUT2D eigenvalue weighted by molar-refractivity contribution is -0.123. The molecule has 5 heteroatoms. The molecule has 1 atom stereocenters. The van der Waals surface area contributed by atoms with Crippen molar-refractivity contribution >= 4 is 16.8 Å². The summed E-state index contributed by atoms with van der Waals surface area (Å²) < 4.78 is 13.5. The molecule has 0 spiro atoms. The number of nitrogens with two attached hydrogens (primary N) is 1.